The van der Waals surface area contributed by atoms with Crippen LogP contribution in [0.1, 0.15) is 51.8 Å². The van der Waals surface area contributed by atoms with Gasteiger partial charge in [0, 0.05) is 11.1 Å². The predicted octanol–water partition coefficient (Wildman–Crippen LogP) is 3.74. The molecule has 0 radical (unpaired) electrons. The van der Waals surface area contributed by atoms with Gasteiger partial charge in [-0.2, -0.15) is 0 Å². The van der Waals surface area contributed by atoms with Gasteiger partial charge in [-0.1, -0.05) is 50.9 Å². The number of amides is 1. The molecule has 2 aliphatic rings. The number of hydrogen-bond acceptors (Lipinski definition) is 2. The van der Waals surface area contributed by atoms with Gasteiger partial charge in [0.05, 0.1) is 6.04 Å². The van der Waals surface area contributed by atoms with Crippen LogP contribution >= 0.6 is 11.6 Å². The number of carbonyl (C=O) groups excluding carboxylic acids is 1. The summed E-state index contributed by atoms with van der Waals surface area (Å²) < 4.78 is 0. The third-order valence-corrected chi connectivity index (χ3v) is 4.96. The Morgan fingerprint density at radius 3 is 2.71 bits per heavy atom. The summed E-state index contributed by atoms with van der Waals surface area (Å²) in [6.45, 7) is 6.58. The first kappa shape index (κ1) is 14.9. The highest BCUT2D eigenvalue weighted by Crippen LogP contribution is 2.52. The van der Waals surface area contributed by atoms with E-state index in [4.69, 9.17) is 11.6 Å². The van der Waals surface area contributed by atoms with Crippen molar-refractivity contribution >= 4 is 17.5 Å². The molecule has 1 aliphatic heterocycles. The molecule has 1 aliphatic carbocycles. The monoisotopic (exact) mass is 306 g/mol. The Bertz CT molecular complexity index is 557. The summed E-state index contributed by atoms with van der Waals surface area (Å²) in [4.78, 5) is 14.8. The maximum absolute atomic E-state index is 12.8. The van der Waals surface area contributed by atoms with E-state index in [9.17, 15) is 4.79 Å². The lowest BCUT2D eigenvalue weighted by molar-refractivity contribution is -0.131. The topological polar surface area (TPSA) is 32.3 Å². The molecule has 3 rings (SSSR count). The molecule has 1 amide bonds. The van der Waals surface area contributed by atoms with Gasteiger partial charge in [-0.3, -0.25) is 10.1 Å². The van der Waals surface area contributed by atoms with E-state index in [0.29, 0.717) is 6.04 Å². The van der Waals surface area contributed by atoms with Crippen molar-refractivity contribution in [1.82, 2.24) is 10.2 Å². The summed E-state index contributed by atoms with van der Waals surface area (Å²) in [5, 5.41) is 4.23. The van der Waals surface area contributed by atoms with Crippen molar-refractivity contribution in [3.8, 4) is 0 Å². The quantitative estimate of drug-likeness (QED) is 0.919. The van der Waals surface area contributed by atoms with Gasteiger partial charge in [0.2, 0.25) is 5.91 Å². The fourth-order valence-corrected chi connectivity index (χ4v) is 3.52. The average Bonchev–Trinajstić information content (AvgIpc) is 2.92. The maximum atomic E-state index is 12.8. The zero-order chi connectivity index (χ0) is 15.2. The highest BCUT2D eigenvalue weighted by Gasteiger charge is 2.56. The molecule has 3 atom stereocenters. The second-order valence-corrected chi connectivity index (χ2v) is 7.36. The molecule has 4 heteroatoms. The Hall–Kier alpha value is -1.06. The molecule has 1 aromatic rings. The molecule has 2 fully saturated rings. The van der Waals surface area contributed by atoms with Crippen molar-refractivity contribution < 1.29 is 4.79 Å². The van der Waals surface area contributed by atoms with E-state index < -0.39 is 0 Å². The standard InChI is InChI=1S/C17H23ClN2O/c1-4-6-13-16(21)20(14-10-17(14,2)3)15(19-13)11-7-5-8-12(18)9-11/h5,7-9,13-15,19H,4,6,10H2,1-3H3. The van der Waals surface area contributed by atoms with E-state index in [-0.39, 0.29) is 23.5 Å². The minimum atomic E-state index is -0.0598. The minimum Gasteiger partial charge on any atom is -0.318 e. The molecule has 0 spiro atoms. The van der Waals surface area contributed by atoms with Crippen LogP contribution in [0.3, 0.4) is 0 Å². The summed E-state index contributed by atoms with van der Waals surface area (Å²) in [5.41, 5.74) is 1.31. The first-order valence-electron chi connectivity index (χ1n) is 7.78. The predicted molar refractivity (Wildman–Crippen MR) is 85.1 cm³/mol. The van der Waals surface area contributed by atoms with Crippen LogP contribution in [0.15, 0.2) is 24.3 Å². The van der Waals surface area contributed by atoms with Crippen LogP contribution in [0.25, 0.3) is 0 Å². The molecule has 114 valence electrons. The van der Waals surface area contributed by atoms with Gasteiger partial charge >= 0.3 is 0 Å². The first-order chi connectivity index (χ1) is 9.94. The molecule has 3 unspecified atom stereocenters. The van der Waals surface area contributed by atoms with Gasteiger partial charge in [0.25, 0.3) is 0 Å². The third-order valence-electron chi connectivity index (χ3n) is 4.73. The van der Waals surface area contributed by atoms with Gasteiger partial charge in [0.15, 0.2) is 0 Å². The Morgan fingerprint density at radius 1 is 1.43 bits per heavy atom. The lowest BCUT2D eigenvalue weighted by atomic mass is 10.1. The van der Waals surface area contributed by atoms with Crippen molar-refractivity contribution in [1.29, 1.82) is 0 Å². The number of halogens is 1. The van der Waals surface area contributed by atoms with Crippen LogP contribution in [0.5, 0.6) is 0 Å². The SMILES string of the molecule is CCCC1NC(c2cccc(Cl)c2)N(C2CC2(C)C)C1=O. The molecule has 21 heavy (non-hydrogen) atoms. The van der Waals surface area contributed by atoms with Crippen LogP contribution in [0.4, 0.5) is 0 Å². The first-order valence-corrected chi connectivity index (χ1v) is 8.15. The molecule has 1 heterocycles. The van der Waals surface area contributed by atoms with Gasteiger partial charge in [-0.25, -0.2) is 0 Å². The van der Waals surface area contributed by atoms with E-state index in [1.165, 1.54) is 0 Å². The lowest BCUT2D eigenvalue weighted by Crippen LogP contribution is -2.35. The van der Waals surface area contributed by atoms with Crippen LogP contribution in [-0.4, -0.2) is 22.9 Å². The Balaban J connectivity index is 1.91. The Labute approximate surface area is 131 Å². The second kappa shape index (κ2) is 5.29. The number of nitrogens with one attached hydrogen (secondary N) is 1. The average molecular weight is 307 g/mol. The van der Waals surface area contributed by atoms with Crippen molar-refractivity contribution in [2.24, 2.45) is 5.41 Å². The molecule has 1 aromatic carbocycles. The summed E-state index contributed by atoms with van der Waals surface area (Å²) in [6.07, 6.45) is 2.93. The van der Waals surface area contributed by atoms with Gasteiger partial charge in [-0.15, -0.1) is 0 Å². The highest BCUT2D eigenvalue weighted by atomic mass is 35.5. The zero-order valence-electron chi connectivity index (χ0n) is 12.9. The van der Waals surface area contributed by atoms with Crippen LogP contribution in [0, 0.1) is 5.41 Å². The Morgan fingerprint density at radius 2 is 2.14 bits per heavy atom. The molecular formula is C17H23ClN2O. The number of hydrogen-bond donors (Lipinski definition) is 1. The van der Waals surface area contributed by atoms with Crippen molar-refractivity contribution in [2.45, 2.75) is 58.3 Å². The highest BCUT2D eigenvalue weighted by molar-refractivity contribution is 6.30. The second-order valence-electron chi connectivity index (χ2n) is 6.92. The van der Waals surface area contributed by atoms with Crippen molar-refractivity contribution in [2.75, 3.05) is 0 Å². The summed E-state index contributed by atoms with van der Waals surface area (Å²) in [7, 11) is 0. The van der Waals surface area contributed by atoms with Gasteiger partial charge in [-0.05, 0) is 36.0 Å². The summed E-state index contributed by atoms with van der Waals surface area (Å²) >= 11 is 6.12. The zero-order valence-corrected chi connectivity index (χ0v) is 13.7. The number of carbonyl (C=O) groups is 1. The van der Waals surface area contributed by atoms with Gasteiger partial charge < -0.3 is 4.90 Å². The minimum absolute atomic E-state index is 0.0421. The fraction of sp³-hybridized carbons (Fsp3) is 0.588. The lowest BCUT2D eigenvalue weighted by Gasteiger charge is -2.26. The molecule has 3 nitrogen and oxygen atoms in total. The van der Waals surface area contributed by atoms with E-state index in [2.05, 4.69) is 31.0 Å². The van der Waals surface area contributed by atoms with Crippen molar-refractivity contribution in [3.05, 3.63) is 34.9 Å². The summed E-state index contributed by atoms with van der Waals surface area (Å²) in [5.74, 6) is 0.248. The third kappa shape index (κ3) is 2.69. The van der Waals surface area contributed by atoms with Gasteiger partial charge in [0.1, 0.15) is 6.17 Å². The molecule has 1 N–H and O–H groups in total. The van der Waals surface area contributed by atoms with Crippen LogP contribution < -0.4 is 5.32 Å². The van der Waals surface area contributed by atoms with E-state index >= 15 is 0 Å². The smallest absolute Gasteiger partial charge is 0.241 e. The number of benzene rings is 1. The molecule has 1 saturated heterocycles. The fourth-order valence-electron chi connectivity index (χ4n) is 3.33. The molecule has 1 saturated carbocycles. The Kier molecular flexibility index (Phi) is 3.74. The van der Waals surface area contributed by atoms with Crippen LogP contribution in [0.2, 0.25) is 5.02 Å². The maximum Gasteiger partial charge on any atom is 0.241 e. The van der Waals surface area contributed by atoms with E-state index in [1.54, 1.807) is 0 Å². The normalized spacial score (nSPS) is 30.8. The summed E-state index contributed by atoms with van der Waals surface area (Å²) in [6, 6.07) is 8.11. The van der Waals surface area contributed by atoms with Crippen LogP contribution in [-0.2, 0) is 4.79 Å². The van der Waals surface area contributed by atoms with E-state index in [1.807, 2.05) is 24.3 Å². The molecule has 0 bridgehead atoms. The largest absolute Gasteiger partial charge is 0.318 e. The number of nitrogens with zero attached hydrogens (tertiary/aromatic N) is 1. The number of rotatable bonds is 4. The molecular weight excluding hydrogens is 284 g/mol. The van der Waals surface area contributed by atoms with Crippen molar-refractivity contribution in [3.63, 3.8) is 0 Å². The molecule has 0 aromatic heterocycles. The van der Waals surface area contributed by atoms with E-state index in [0.717, 1.165) is 29.8 Å².